The van der Waals surface area contributed by atoms with Gasteiger partial charge in [-0.25, -0.2) is 0 Å². The van der Waals surface area contributed by atoms with Crippen molar-refractivity contribution in [2.45, 2.75) is 37.8 Å². The summed E-state index contributed by atoms with van der Waals surface area (Å²) < 4.78 is 5.31. The Balaban J connectivity index is 1.58. The minimum atomic E-state index is -0.230. The Labute approximate surface area is 165 Å². The SMILES string of the molecule is COc1ccc([C@H](CN[C@H](C)C(=O)NC2CC2)c2c[nH]c3ccccc23)cc1. The lowest BCUT2D eigenvalue weighted by Crippen LogP contribution is -2.44. The number of fused-ring (bicyclic) bond motifs is 1. The number of H-pyrrole nitrogens is 1. The molecule has 0 unspecified atom stereocenters. The summed E-state index contributed by atoms with van der Waals surface area (Å²) in [4.78, 5) is 15.7. The highest BCUT2D eigenvalue weighted by atomic mass is 16.5. The van der Waals surface area contributed by atoms with Crippen LogP contribution in [0.5, 0.6) is 5.75 Å². The molecule has 1 aliphatic carbocycles. The highest BCUT2D eigenvalue weighted by Gasteiger charge is 2.26. The molecule has 2 atom stereocenters. The van der Waals surface area contributed by atoms with Crippen LogP contribution < -0.4 is 15.4 Å². The van der Waals surface area contributed by atoms with E-state index >= 15 is 0 Å². The van der Waals surface area contributed by atoms with E-state index in [1.165, 1.54) is 16.5 Å². The zero-order valence-corrected chi connectivity index (χ0v) is 16.4. The summed E-state index contributed by atoms with van der Waals surface area (Å²) in [5.74, 6) is 1.04. The molecule has 2 aromatic carbocycles. The lowest BCUT2D eigenvalue weighted by molar-refractivity contribution is -0.122. The number of nitrogens with one attached hydrogen (secondary N) is 3. The van der Waals surface area contributed by atoms with Crippen LogP contribution in [0.15, 0.2) is 54.7 Å². The molecule has 1 aliphatic rings. The first-order valence-corrected chi connectivity index (χ1v) is 9.89. The van der Waals surface area contributed by atoms with Gasteiger partial charge in [-0.2, -0.15) is 0 Å². The molecule has 146 valence electrons. The van der Waals surface area contributed by atoms with Gasteiger partial charge in [0.15, 0.2) is 0 Å². The number of carbonyl (C=O) groups excluding carboxylic acids is 1. The third kappa shape index (κ3) is 4.04. The van der Waals surface area contributed by atoms with Crippen molar-refractivity contribution in [3.63, 3.8) is 0 Å². The molecular formula is C23H27N3O2. The van der Waals surface area contributed by atoms with Gasteiger partial charge in [-0.1, -0.05) is 30.3 Å². The van der Waals surface area contributed by atoms with E-state index in [2.05, 4.69) is 52.1 Å². The molecule has 1 aromatic heterocycles. The van der Waals surface area contributed by atoms with Gasteiger partial charge in [-0.05, 0) is 49.1 Å². The number of aromatic amines is 1. The number of benzene rings is 2. The summed E-state index contributed by atoms with van der Waals surface area (Å²) in [7, 11) is 1.67. The van der Waals surface area contributed by atoms with Crippen LogP contribution in [0.3, 0.4) is 0 Å². The molecule has 0 bridgehead atoms. The molecule has 1 saturated carbocycles. The van der Waals surface area contributed by atoms with Crippen LogP contribution in [0.2, 0.25) is 0 Å². The molecule has 0 aliphatic heterocycles. The summed E-state index contributed by atoms with van der Waals surface area (Å²) >= 11 is 0. The largest absolute Gasteiger partial charge is 0.497 e. The van der Waals surface area contributed by atoms with E-state index in [1.807, 2.05) is 25.1 Å². The Hall–Kier alpha value is -2.79. The zero-order chi connectivity index (χ0) is 19.5. The molecule has 0 saturated heterocycles. The van der Waals surface area contributed by atoms with Gasteiger partial charge in [0.1, 0.15) is 5.75 Å². The summed E-state index contributed by atoms with van der Waals surface area (Å²) in [6, 6.07) is 16.6. The van der Waals surface area contributed by atoms with Crippen LogP contribution in [-0.2, 0) is 4.79 Å². The maximum atomic E-state index is 12.3. The standard InChI is InChI=1S/C23H27N3O2/c1-15(23(27)26-17-9-10-17)24-13-20(16-7-11-18(28-2)12-8-16)21-14-25-22-6-4-3-5-19(21)22/h3-8,11-12,14-15,17,20,24-25H,9-10,13H2,1-2H3,(H,26,27)/t15-,20+/m1/s1. The van der Waals surface area contributed by atoms with Gasteiger partial charge in [0.2, 0.25) is 5.91 Å². The number of aromatic nitrogens is 1. The third-order valence-electron chi connectivity index (χ3n) is 5.46. The average molecular weight is 377 g/mol. The Morgan fingerprint density at radius 2 is 1.93 bits per heavy atom. The van der Waals surface area contributed by atoms with Crippen molar-refractivity contribution >= 4 is 16.8 Å². The van der Waals surface area contributed by atoms with E-state index < -0.39 is 0 Å². The molecule has 28 heavy (non-hydrogen) atoms. The summed E-state index contributed by atoms with van der Waals surface area (Å²) in [5.41, 5.74) is 3.53. The first kappa shape index (κ1) is 18.6. The monoisotopic (exact) mass is 377 g/mol. The van der Waals surface area contributed by atoms with Gasteiger partial charge in [-0.15, -0.1) is 0 Å². The molecule has 1 fully saturated rings. The van der Waals surface area contributed by atoms with E-state index in [0.717, 1.165) is 24.1 Å². The fourth-order valence-corrected chi connectivity index (χ4v) is 3.57. The highest BCUT2D eigenvalue weighted by Crippen LogP contribution is 2.31. The molecule has 1 heterocycles. The van der Waals surface area contributed by atoms with Gasteiger partial charge in [-0.3, -0.25) is 4.79 Å². The number of amides is 1. The molecule has 5 heteroatoms. The van der Waals surface area contributed by atoms with Crippen molar-refractivity contribution in [1.29, 1.82) is 0 Å². The minimum absolute atomic E-state index is 0.0786. The second kappa shape index (κ2) is 8.07. The highest BCUT2D eigenvalue weighted by molar-refractivity contribution is 5.84. The van der Waals surface area contributed by atoms with E-state index in [9.17, 15) is 4.79 Å². The fraction of sp³-hybridized carbons (Fsp3) is 0.348. The first-order valence-electron chi connectivity index (χ1n) is 9.89. The molecule has 0 radical (unpaired) electrons. The number of methoxy groups -OCH3 is 1. The maximum Gasteiger partial charge on any atom is 0.237 e. The Kier molecular flexibility index (Phi) is 5.35. The van der Waals surface area contributed by atoms with Crippen LogP contribution in [0, 0.1) is 0 Å². The average Bonchev–Trinajstić information content (AvgIpc) is 3.45. The van der Waals surface area contributed by atoms with Gasteiger partial charge in [0.25, 0.3) is 0 Å². The van der Waals surface area contributed by atoms with Crippen LogP contribution in [0.1, 0.15) is 36.8 Å². The van der Waals surface area contributed by atoms with Gasteiger partial charge in [0.05, 0.1) is 13.2 Å². The second-order valence-electron chi connectivity index (χ2n) is 7.53. The molecule has 3 N–H and O–H groups in total. The molecule has 3 aromatic rings. The molecule has 0 spiro atoms. The molecule has 5 nitrogen and oxygen atoms in total. The number of ether oxygens (including phenoxy) is 1. The summed E-state index contributed by atoms with van der Waals surface area (Å²) in [5, 5.41) is 7.72. The minimum Gasteiger partial charge on any atom is -0.497 e. The predicted octanol–water partition coefficient (Wildman–Crippen LogP) is 3.57. The lowest BCUT2D eigenvalue weighted by atomic mass is 9.90. The van der Waals surface area contributed by atoms with Crippen molar-refractivity contribution in [1.82, 2.24) is 15.6 Å². The van der Waals surface area contributed by atoms with Crippen molar-refractivity contribution < 1.29 is 9.53 Å². The van der Waals surface area contributed by atoms with Crippen molar-refractivity contribution in [2.75, 3.05) is 13.7 Å². The molecule has 1 amide bonds. The number of hydrogen-bond donors (Lipinski definition) is 3. The lowest BCUT2D eigenvalue weighted by Gasteiger charge is -2.21. The first-order chi connectivity index (χ1) is 13.7. The number of carbonyl (C=O) groups is 1. The van der Waals surface area contributed by atoms with Gasteiger partial charge >= 0.3 is 0 Å². The van der Waals surface area contributed by atoms with Crippen LogP contribution in [-0.4, -0.2) is 36.6 Å². The number of hydrogen-bond acceptors (Lipinski definition) is 3. The van der Waals surface area contributed by atoms with Crippen molar-refractivity contribution in [3.8, 4) is 5.75 Å². The molecular weight excluding hydrogens is 350 g/mol. The topological polar surface area (TPSA) is 66.2 Å². The van der Waals surface area contributed by atoms with Crippen LogP contribution in [0.4, 0.5) is 0 Å². The van der Waals surface area contributed by atoms with Gasteiger partial charge in [0, 0.05) is 35.6 Å². The van der Waals surface area contributed by atoms with Crippen molar-refractivity contribution in [2.24, 2.45) is 0 Å². The van der Waals surface area contributed by atoms with E-state index in [1.54, 1.807) is 7.11 Å². The zero-order valence-electron chi connectivity index (χ0n) is 16.4. The van der Waals surface area contributed by atoms with Crippen LogP contribution in [0.25, 0.3) is 10.9 Å². The second-order valence-corrected chi connectivity index (χ2v) is 7.53. The van der Waals surface area contributed by atoms with E-state index in [0.29, 0.717) is 12.6 Å². The quantitative estimate of drug-likeness (QED) is 0.562. The van der Waals surface area contributed by atoms with E-state index in [4.69, 9.17) is 4.74 Å². The van der Waals surface area contributed by atoms with E-state index in [-0.39, 0.29) is 17.9 Å². The Bertz CT molecular complexity index is 944. The number of rotatable bonds is 8. The molecule has 4 rings (SSSR count). The summed E-state index contributed by atoms with van der Waals surface area (Å²) in [6.07, 6.45) is 4.28. The normalized spacial score (nSPS) is 15.9. The fourth-order valence-electron chi connectivity index (χ4n) is 3.57. The maximum absolute atomic E-state index is 12.3. The third-order valence-corrected chi connectivity index (χ3v) is 5.46. The Morgan fingerprint density at radius 3 is 2.64 bits per heavy atom. The Morgan fingerprint density at radius 1 is 1.18 bits per heavy atom. The van der Waals surface area contributed by atoms with Crippen LogP contribution >= 0.6 is 0 Å². The van der Waals surface area contributed by atoms with Gasteiger partial charge < -0.3 is 20.4 Å². The smallest absolute Gasteiger partial charge is 0.237 e. The predicted molar refractivity (Wildman–Crippen MR) is 112 cm³/mol. The number of para-hydroxylation sites is 1. The summed E-state index contributed by atoms with van der Waals surface area (Å²) in [6.45, 7) is 2.60. The van der Waals surface area contributed by atoms with Crippen molar-refractivity contribution in [3.05, 3.63) is 65.9 Å².